The van der Waals surface area contributed by atoms with Crippen LogP contribution in [0.15, 0.2) is 22.7 Å². The lowest BCUT2D eigenvalue weighted by molar-refractivity contribution is 0.0943. The fraction of sp³-hybridized carbons (Fsp3) is 0.412. The molecule has 124 valence electrons. The largest absolute Gasteiger partial charge is 0.506 e. The third-order valence-corrected chi connectivity index (χ3v) is 4.26. The lowest BCUT2D eigenvalue weighted by atomic mass is 10.1. The molecule has 1 aromatic heterocycles. The maximum absolute atomic E-state index is 12.3. The monoisotopic (exact) mass is 379 g/mol. The maximum Gasteiger partial charge on any atom is 0.255 e. The summed E-state index contributed by atoms with van der Waals surface area (Å²) in [5.41, 5.74) is 3.31. The normalized spacial score (nSPS) is 12.2. The minimum absolute atomic E-state index is 0.0284. The van der Waals surface area contributed by atoms with Gasteiger partial charge in [0.2, 0.25) is 0 Å². The van der Waals surface area contributed by atoms with Crippen LogP contribution >= 0.6 is 15.9 Å². The fourth-order valence-electron chi connectivity index (χ4n) is 2.49. The van der Waals surface area contributed by atoms with Crippen molar-refractivity contribution in [2.45, 2.75) is 34.2 Å². The molecule has 1 aromatic carbocycles. The van der Waals surface area contributed by atoms with Gasteiger partial charge in [0.05, 0.1) is 15.7 Å². The molecule has 0 spiro atoms. The van der Waals surface area contributed by atoms with Crippen LogP contribution in [0.3, 0.4) is 0 Å². The third-order valence-electron chi connectivity index (χ3n) is 3.65. The summed E-state index contributed by atoms with van der Waals surface area (Å²) in [7, 11) is 0. The predicted molar refractivity (Wildman–Crippen MR) is 93.7 cm³/mol. The Morgan fingerprint density at radius 1 is 1.35 bits per heavy atom. The van der Waals surface area contributed by atoms with Crippen molar-refractivity contribution in [3.05, 3.63) is 45.2 Å². The van der Waals surface area contributed by atoms with Crippen LogP contribution in [-0.2, 0) is 6.54 Å². The Morgan fingerprint density at radius 3 is 2.65 bits per heavy atom. The maximum atomic E-state index is 12.3. The van der Waals surface area contributed by atoms with Crippen molar-refractivity contribution in [3.63, 3.8) is 0 Å². The number of nitrogens with one attached hydrogen (secondary N) is 1. The highest BCUT2D eigenvalue weighted by Crippen LogP contribution is 2.29. The minimum Gasteiger partial charge on any atom is -0.506 e. The van der Waals surface area contributed by atoms with Crippen molar-refractivity contribution < 1.29 is 9.90 Å². The number of halogens is 1. The molecular formula is C17H22BrN3O2. The van der Waals surface area contributed by atoms with Crippen molar-refractivity contribution in [1.82, 2.24) is 15.1 Å². The molecule has 1 unspecified atom stereocenters. The highest BCUT2D eigenvalue weighted by molar-refractivity contribution is 9.10. The van der Waals surface area contributed by atoms with E-state index in [1.807, 2.05) is 31.5 Å². The smallest absolute Gasteiger partial charge is 0.255 e. The quantitative estimate of drug-likeness (QED) is 0.836. The van der Waals surface area contributed by atoms with Gasteiger partial charge < -0.3 is 10.4 Å². The van der Waals surface area contributed by atoms with Gasteiger partial charge in [0, 0.05) is 18.8 Å². The number of phenolic OH excluding ortho intramolecular Hbond substituents is 1. The fourth-order valence-corrected chi connectivity index (χ4v) is 3.06. The first-order valence-electron chi connectivity index (χ1n) is 7.56. The number of aromatic nitrogens is 2. The summed E-state index contributed by atoms with van der Waals surface area (Å²) in [5.74, 6) is -0.0706. The SMILES string of the molecule is Cc1cc(Br)c(O)c(C(=O)NCC(C)Cn2nc(C)cc2C)c1. The van der Waals surface area contributed by atoms with Crippen molar-refractivity contribution in [2.24, 2.45) is 5.92 Å². The van der Waals surface area contributed by atoms with E-state index in [0.29, 0.717) is 11.0 Å². The Balaban J connectivity index is 1.98. The number of carbonyl (C=O) groups is 1. The van der Waals surface area contributed by atoms with Gasteiger partial charge >= 0.3 is 0 Å². The van der Waals surface area contributed by atoms with Crippen LogP contribution in [0.1, 0.15) is 34.2 Å². The average molecular weight is 380 g/mol. The third kappa shape index (κ3) is 4.34. The number of aryl methyl sites for hydroxylation is 3. The van der Waals surface area contributed by atoms with Gasteiger partial charge in [-0.2, -0.15) is 5.10 Å². The van der Waals surface area contributed by atoms with Gasteiger partial charge in [-0.1, -0.05) is 6.92 Å². The molecule has 0 saturated carbocycles. The zero-order valence-corrected chi connectivity index (χ0v) is 15.4. The number of rotatable bonds is 5. The molecule has 0 aliphatic heterocycles. The molecule has 1 atom stereocenters. The van der Waals surface area contributed by atoms with E-state index >= 15 is 0 Å². The molecule has 0 aliphatic rings. The first-order chi connectivity index (χ1) is 10.8. The Bertz CT molecular complexity index is 725. The highest BCUT2D eigenvalue weighted by atomic mass is 79.9. The molecule has 0 saturated heterocycles. The molecule has 6 heteroatoms. The molecular weight excluding hydrogens is 358 g/mol. The topological polar surface area (TPSA) is 67.2 Å². The molecule has 5 nitrogen and oxygen atoms in total. The van der Waals surface area contributed by atoms with Crippen LogP contribution in [0.25, 0.3) is 0 Å². The predicted octanol–water partition coefficient (Wildman–Crippen LogP) is 3.34. The molecule has 0 bridgehead atoms. The minimum atomic E-state index is -0.271. The first-order valence-corrected chi connectivity index (χ1v) is 8.35. The Hall–Kier alpha value is -1.82. The van der Waals surface area contributed by atoms with E-state index in [4.69, 9.17) is 0 Å². The summed E-state index contributed by atoms with van der Waals surface area (Å²) >= 11 is 3.26. The van der Waals surface area contributed by atoms with E-state index in [1.165, 1.54) is 0 Å². The molecule has 0 aliphatic carbocycles. The zero-order valence-electron chi connectivity index (χ0n) is 13.9. The molecule has 1 amide bonds. The van der Waals surface area contributed by atoms with E-state index < -0.39 is 0 Å². The lowest BCUT2D eigenvalue weighted by Gasteiger charge is -2.15. The molecule has 2 aromatic rings. The number of phenols is 1. The number of aromatic hydroxyl groups is 1. The van der Waals surface area contributed by atoms with Crippen LogP contribution in [0.5, 0.6) is 5.75 Å². The van der Waals surface area contributed by atoms with Crippen LogP contribution in [0.4, 0.5) is 0 Å². The lowest BCUT2D eigenvalue weighted by Crippen LogP contribution is -2.30. The van der Waals surface area contributed by atoms with E-state index in [1.54, 1.807) is 12.1 Å². The summed E-state index contributed by atoms with van der Waals surface area (Å²) in [6.45, 7) is 9.18. The van der Waals surface area contributed by atoms with Crippen LogP contribution in [0, 0.1) is 26.7 Å². The van der Waals surface area contributed by atoms with Crippen molar-refractivity contribution in [1.29, 1.82) is 0 Å². The Kier molecular flexibility index (Phi) is 5.46. The van der Waals surface area contributed by atoms with Crippen LogP contribution in [-0.4, -0.2) is 27.3 Å². The molecule has 1 heterocycles. The number of amides is 1. The highest BCUT2D eigenvalue weighted by Gasteiger charge is 2.15. The van der Waals surface area contributed by atoms with Crippen molar-refractivity contribution in [2.75, 3.05) is 6.54 Å². The zero-order chi connectivity index (χ0) is 17.1. The molecule has 0 fully saturated rings. The van der Waals surface area contributed by atoms with Crippen molar-refractivity contribution in [3.8, 4) is 5.75 Å². The van der Waals surface area contributed by atoms with Gasteiger partial charge in [0.1, 0.15) is 5.75 Å². The molecule has 23 heavy (non-hydrogen) atoms. The van der Waals surface area contributed by atoms with Crippen LogP contribution in [0.2, 0.25) is 0 Å². The van der Waals surface area contributed by atoms with Gasteiger partial charge in [-0.25, -0.2) is 0 Å². The van der Waals surface area contributed by atoms with E-state index in [9.17, 15) is 9.90 Å². The van der Waals surface area contributed by atoms with E-state index in [2.05, 4.69) is 33.3 Å². The van der Waals surface area contributed by atoms with Gasteiger partial charge in [-0.15, -0.1) is 0 Å². The summed E-state index contributed by atoms with van der Waals surface area (Å²) in [4.78, 5) is 12.3. The second-order valence-corrected chi connectivity index (χ2v) is 6.92. The van der Waals surface area contributed by atoms with Crippen molar-refractivity contribution >= 4 is 21.8 Å². The number of benzene rings is 1. The number of hydrogen-bond donors (Lipinski definition) is 2. The second-order valence-electron chi connectivity index (χ2n) is 6.07. The summed E-state index contributed by atoms with van der Waals surface area (Å²) in [6.07, 6.45) is 0. The second kappa shape index (κ2) is 7.17. The summed E-state index contributed by atoms with van der Waals surface area (Å²) < 4.78 is 2.48. The molecule has 0 radical (unpaired) electrons. The van der Waals surface area contributed by atoms with Crippen LogP contribution < -0.4 is 5.32 Å². The van der Waals surface area contributed by atoms with E-state index in [0.717, 1.165) is 23.5 Å². The first kappa shape index (κ1) is 17.5. The van der Waals surface area contributed by atoms with E-state index in [-0.39, 0.29) is 23.1 Å². The number of carbonyl (C=O) groups excluding carboxylic acids is 1. The summed E-state index contributed by atoms with van der Waals surface area (Å²) in [6, 6.07) is 5.49. The molecule has 2 rings (SSSR count). The average Bonchev–Trinajstić information content (AvgIpc) is 2.78. The summed E-state index contributed by atoms with van der Waals surface area (Å²) in [5, 5.41) is 17.3. The Labute approximate surface area is 144 Å². The van der Waals surface area contributed by atoms with Gasteiger partial charge in [-0.05, 0) is 66.4 Å². The number of hydrogen-bond acceptors (Lipinski definition) is 3. The van der Waals surface area contributed by atoms with Gasteiger partial charge in [0.15, 0.2) is 0 Å². The Morgan fingerprint density at radius 2 is 2.04 bits per heavy atom. The molecule has 2 N–H and O–H groups in total. The standard InChI is InChI=1S/C17H22BrN3O2/c1-10-5-14(16(22)15(18)6-10)17(23)19-8-11(2)9-21-13(4)7-12(3)20-21/h5-7,11,22H,8-9H2,1-4H3,(H,19,23). The van der Waals surface area contributed by atoms with Gasteiger partial charge in [0.25, 0.3) is 5.91 Å². The van der Waals surface area contributed by atoms with Gasteiger partial charge in [-0.3, -0.25) is 9.48 Å². The number of nitrogens with zero attached hydrogens (tertiary/aromatic N) is 2.